The molecule has 14 rings (SSSR count). The second kappa shape index (κ2) is 12.8. The Kier molecular flexibility index (Phi) is 7.70. The van der Waals surface area contributed by atoms with E-state index in [-0.39, 0.29) is 33.9 Å². The van der Waals surface area contributed by atoms with Crippen molar-refractivity contribution in [3.63, 3.8) is 0 Å². The molecular weight excluding hydrogens is 844 g/mol. The van der Waals surface area contributed by atoms with Crippen LogP contribution in [0.15, 0.2) is 120 Å². The van der Waals surface area contributed by atoms with Crippen LogP contribution in [0.4, 0.5) is 11.4 Å². The van der Waals surface area contributed by atoms with Gasteiger partial charge in [0.1, 0.15) is 11.2 Å². The summed E-state index contributed by atoms with van der Waals surface area (Å²) in [7, 11) is 0. The first-order valence-electron chi connectivity index (χ1n) is 25.0. The maximum atomic E-state index is 7.46. The minimum absolute atomic E-state index is 0.0253. The molecule has 0 amide bonds. The predicted octanol–water partition coefficient (Wildman–Crippen LogP) is 16.4. The quantitative estimate of drug-likeness (QED) is 0.153. The van der Waals surface area contributed by atoms with Crippen LogP contribution in [0.5, 0.6) is 0 Å². The molecule has 0 fully saturated rings. The first kappa shape index (κ1) is 41.0. The van der Waals surface area contributed by atoms with Crippen molar-refractivity contribution < 1.29 is 4.42 Å². The molecule has 7 aromatic carbocycles. The molecule has 0 N–H and O–H groups in total. The number of hydrogen-bond donors (Lipinski definition) is 0. The fraction of sp³-hybridized carbons (Fsp3) is 0.302. The number of anilines is 2. The van der Waals surface area contributed by atoms with E-state index in [1.165, 1.54) is 138 Å². The van der Waals surface area contributed by atoms with E-state index in [0.29, 0.717) is 0 Å². The molecule has 4 aliphatic rings. The van der Waals surface area contributed by atoms with Crippen molar-refractivity contribution in [2.75, 3.05) is 4.81 Å². The maximum Gasteiger partial charge on any atom is 0.375 e. The number of furan rings is 1. The zero-order chi connectivity index (χ0) is 46.9. The highest BCUT2D eigenvalue weighted by Crippen LogP contribution is 2.58. The number of hydrogen-bond acceptors (Lipinski definition) is 3. The van der Waals surface area contributed by atoms with Gasteiger partial charge in [0.15, 0.2) is 0 Å². The van der Waals surface area contributed by atoms with Crippen molar-refractivity contribution in [3.8, 4) is 27.9 Å². The van der Waals surface area contributed by atoms with Gasteiger partial charge in [-0.2, -0.15) is 0 Å². The Hall–Kier alpha value is -6.04. The molecule has 5 heterocycles. The van der Waals surface area contributed by atoms with E-state index >= 15 is 0 Å². The molecule has 2 aliphatic heterocycles. The standard InChI is InChI=1S/C63H59BN2OS/c1-59(2,3)34-17-20-36(21-18-34)66-51-33-47-40(41-29-48-49(32-46(41)63(47,11)12)62(9,10)26-25-61(48,7)8)28-42(51)38-22-23-39-43-31-54-44(37-15-13-14-16-53(37)68-54)30-50(43)65-56(39)55(38)64(66)58-57(65)45-27-35(60(4,5)6)19-24-52(45)67-58/h13-24,27-33H,25-26H2,1-12H3. The van der Waals surface area contributed by atoms with Gasteiger partial charge < -0.3 is 13.8 Å². The summed E-state index contributed by atoms with van der Waals surface area (Å²) in [6.45, 7) is 28.5. The van der Waals surface area contributed by atoms with Crippen LogP contribution in [0, 0.1) is 0 Å². The third-order valence-corrected chi connectivity index (χ3v) is 18.5. The molecular formula is C63H59BN2OS. The van der Waals surface area contributed by atoms with Gasteiger partial charge in [-0.15, -0.1) is 11.3 Å². The van der Waals surface area contributed by atoms with Crippen LogP contribution < -0.4 is 15.9 Å². The van der Waals surface area contributed by atoms with Crippen molar-refractivity contribution in [3.05, 3.63) is 149 Å². The average Bonchev–Trinajstić information content (AvgIpc) is 4.01. The van der Waals surface area contributed by atoms with Crippen molar-refractivity contribution in [1.82, 2.24) is 4.57 Å². The van der Waals surface area contributed by atoms with Crippen molar-refractivity contribution in [2.24, 2.45) is 0 Å². The topological polar surface area (TPSA) is 21.3 Å². The summed E-state index contributed by atoms with van der Waals surface area (Å²) in [5.74, 6) is 0. The summed E-state index contributed by atoms with van der Waals surface area (Å²) in [6.07, 6.45) is 2.40. The van der Waals surface area contributed by atoms with Gasteiger partial charge in [0.05, 0.1) is 16.7 Å². The van der Waals surface area contributed by atoms with Crippen molar-refractivity contribution >= 4 is 93.6 Å². The first-order valence-corrected chi connectivity index (χ1v) is 25.8. The number of thiophene rings is 1. The minimum Gasteiger partial charge on any atom is -0.466 e. The molecule has 0 spiro atoms. The van der Waals surface area contributed by atoms with Gasteiger partial charge in [-0.1, -0.05) is 138 Å². The second-order valence-corrected chi connectivity index (χ2v) is 25.9. The van der Waals surface area contributed by atoms with Crippen LogP contribution >= 0.6 is 11.3 Å². The van der Waals surface area contributed by atoms with Gasteiger partial charge in [-0.05, 0) is 151 Å². The summed E-state index contributed by atoms with van der Waals surface area (Å²) < 4.78 is 12.7. The van der Waals surface area contributed by atoms with Crippen molar-refractivity contribution in [1.29, 1.82) is 0 Å². The Balaban J connectivity index is 1.13. The fourth-order valence-electron chi connectivity index (χ4n) is 13.2. The third-order valence-electron chi connectivity index (χ3n) is 17.3. The molecule has 336 valence electrons. The monoisotopic (exact) mass is 902 g/mol. The molecule has 0 radical (unpaired) electrons. The average molecular weight is 903 g/mol. The molecule has 5 heteroatoms. The lowest BCUT2D eigenvalue weighted by Crippen LogP contribution is -2.60. The maximum absolute atomic E-state index is 7.46. The van der Waals surface area contributed by atoms with Gasteiger partial charge in [-0.25, -0.2) is 0 Å². The van der Waals surface area contributed by atoms with Gasteiger partial charge in [0.25, 0.3) is 0 Å². The van der Waals surface area contributed by atoms with Gasteiger partial charge in [0.2, 0.25) is 0 Å². The number of benzene rings is 7. The van der Waals surface area contributed by atoms with E-state index in [0.717, 1.165) is 11.2 Å². The number of aromatic nitrogens is 1. The van der Waals surface area contributed by atoms with E-state index < -0.39 is 0 Å². The Morgan fingerprint density at radius 3 is 1.96 bits per heavy atom. The zero-order valence-corrected chi connectivity index (χ0v) is 42.5. The molecule has 68 heavy (non-hydrogen) atoms. The summed E-state index contributed by atoms with van der Waals surface area (Å²) in [5.41, 5.74) is 23.4. The lowest BCUT2D eigenvalue weighted by atomic mass is 9.46. The minimum atomic E-state index is -0.209. The highest BCUT2D eigenvalue weighted by Gasteiger charge is 2.49. The summed E-state index contributed by atoms with van der Waals surface area (Å²) >= 11 is 1.90. The fourth-order valence-corrected chi connectivity index (χ4v) is 14.4. The van der Waals surface area contributed by atoms with E-state index in [2.05, 4.69) is 208 Å². The van der Waals surface area contributed by atoms with E-state index in [9.17, 15) is 0 Å². The summed E-state index contributed by atoms with van der Waals surface area (Å²) in [6, 6.07) is 45.6. The number of nitrogens with zero attached hydrogens (tertiary/aromatic N) is 2. The third kappa shape index (κ3) is 5.21. The highest BCUT2D eigenvalue weighted by molar-refractivity contribution is 7.25. The zero-order valence-electron chi connectivity index (χ0n) is 41.7. The Bertz CT molecular complexity index is 3910. The highest BCUT2D eigenvalue weighted by atomic mass is 32.1. The first-order chi connectivity index (χ1) is 32.2. The molecule has 2 aliphatic carbocycles. The van der Waals surface area contributed by atoms with Crippen LogP contribution in [0.3, 0.4) is 0 Å². The number of rotatable bonds is 1. The Morgan fingerprint density at radius 2 is 1.22 bits per heavy atom. The van der Waals surface area contributed by atoms with Crippen LogP contribution in [-0.2, 0) is 27.1 Å². The molecule has 0 saturated heterocycles. The lowest BCUT2D eigenvalue weighted by Gasteiger charge is -2.42. The van der Waals surface area contributed by atoms with Crippen molar-refractivity contribution in [2.45, 2.75) is 123 Å². The van der Waals surface area contributed by atoms with Gasteiger partial charge >= 0.3 is 6.85 Å². The molecule has 0 unspecified atom stereocenters. The molecule has 3 nitrogen and oxygen atoms in total. The number of fused-ring (bicyclic) bond motifs is 17. The summed E-state index contributed by atoms with van der Waals surface area (Å²) in [4.78, 5) is 2.67. The van der Waals surface area contributed by atoms with Gasteiger partial charge in [0, 0.05) is 58.7 Å². The second-order valence-electron chi connectivity index (χ2n) is 24.8. The lowest BCUT2D eigenvalue weighted by molar-refractivity contribution is 0.331. The molecule has 0 atom stereocenters. The normalized spacial score (nSPS) is 17.3. The van der Waals surface area contributed by atoms with E-state index in [4.69, 9.17) is 4.42 Å². The van der Waals surface area contributed by atoms with Crippen LogP contribution in [-0.4, -0.2) is 11.4 Å². The molecule has 0 saturated carbocycles. The van der Waals surface area contributed by atoms with Crippen LogP contribution in [0.2, 0.25) is 0 Å². The largest absolute Gasteiger partial charge is 0.466 e. The molecule has 10 aromatic rings. The Morgan fingerprint density at radius 1 is 0.544 bits per heavy atom. The van der Waals surface area contributed by atoms with Crippen LogP contribution in [0.1, 0.15) is 129 Å². The van der Waals surface area contributed by atoms with E-state index in [1.54, 1.807) is 0 Å². The van der Waals surface area contributed by atoms with E-state index in [1.807, 2.05) is 11.3 Å². The van der Waals surface area contributed by atoms with Gasteiger partial charge in [-0.3, -0.25) is 0 Å². The molecule has 3 aromatic heterocycles. The Labute approximate surface area is 404 Å². The SMILES string of the molecule is CC(C)(C)c1ccc(N2B3c4oc5ccc(C(C)(C)C)cc5c4-n4c5cc6c(cc5c5ccc(c3c54)-c3cc4c(cc32)C(C)(C)c2cc3c(cc2-4)C(C)(C)CCC3(C)C)sc2ccccc26)cc1. The smallest absolute Gasteiger partial charge is 0.375 e. The van der Waals surface area contributed by atoms with Crippen LogP contribution in [0.25, 0.3) is 80.9 Å². The predicted molar refractivity (Wildman–Crippen MR) is 293 cm³/mol. The molecule has 0 bridgehead atoms. The summed E-state index contributed by atoms with van der Waals surface area (Å²) in [5, 5.41) is 6.40.